The standard InChI is InChI=1S/C34H55NO3/c1-29(2)14-16-34(28(38)35-19-22(20-35)21-36)17-15-32(6)23(24(34)18-29)8-9-26-31(5)12-11-27(37)30(3,4)25(31)10-13-33(26,32)7/h8,22,24-27,36-37H,9-21H2,1-7H3/t24-,25-,26+,27-,31-,32+,33+,34-/m0/s1. The molecule has 5 fully saturated rings. The van der Waals surface area contributed by atoms with E-state index in [9.17, 15) is 15.0 Å². The van der Waals surface area contributed by atoms with E-state index >= 15 is 0 Å². The van der Waals surface area contributed by atoms with Crippen LogP contribution in [-0.2, 0) is 4.79 Å². The Balaban J connectivity index is 1.39. The molecule has 0 aromatic carbocycles. The number of carbonyl (C=O) groups is 1. The van der Waals surface area contributed by atoms with Crippen LogP contribution in [0.1, 0.15) is 113 Å². The van der Waals surface area contributed by atoms with Crippen molar-refractivity contribution < 1.29 is 15.0 Å². The Morgan fingerprint density at radius 2 is 1.61 bits per heavy atom. The molecular weight excluding hydrogens is 470 g/mol. The summed E-state index contributed by atoms with van der Waals surface area (Å²) >= 11 is 0. The first-order chi connectivity index (χ1) is 17.6. The van der Waals surface area contributed by atoms with Crippen LogP contribution in [0.4, 0.5) is 0 Å². The fourth-order valence-corrected chi connectivity index (χ4v) is 11.8. The fourth-order valence-electron chi connectivity index (χ4n) is 11.8. The zero-order valence-corrected chi connectivity index (χ0v) is 25.4. The summed E-state index contributed by atoms with van der Waals surface area (Å²) in [5.74, 6) is 2.22. The fraction of sp³-hybridized carbons (Fsp3) is 0.912. The topological polar surface area (TPSA) is 60.8 Å². The smallest absolute Gasteiger partial charge is 0.229 e. The largest absolute Gasteiger partial charge is 0.396 e. The number of fused-ring (bicyclic) bond motifs is 7. The molecule has 0 aromatic rings. The molecule has 0 bridgehead atoms. The highest BCUT2D eigenvalue weighted by atomic mass is 16.3. The number of aliphatic hydroxyl groups is 2. The lowest BCUT2D eigenvalue weighted by atomic mass is 9.33. The second-order valence-corrected chi connectivity index (χ2v) is 17.0. The maximum Gasteiger partial charge on any atom is 0.229 e. The molecule has 6 aliphatic rings. The molecule has 5 aliphatic carbocycles. The summed E-state index contributed by atoms with van der Waals surface area (Å²) in [6.45, 7) is 19.0. The van der Waals surface area contributed by atoms with E-state index in [2.05, 4.69) is 59.4 Å². The minimum absolute atomic E-state index is 0.0234. The van der Waals surface area contributed by atoms with Gasteiger partial charge < -0.3 is 15.1 Å². The zero-order chi connectivity index (χ0) is 27.5. The molecule has 214 valence electrons. The zero-order valence-electron chi connectivity index (χ0n) is 25.4. The van der Waals surface area contributed by atoms with E-state index in [1.807, 2.05) is 0 Å². The SMILES string of the molecule is CC1(C)CC[C@]2(C(=O)N3CC(CO)C3)CC[C@]3(C)C(=CC[C@@H]4[C@@]5(C)CC[C@H](O)C(C)(C)[C@@H]5CC[C@]43C)[C@@H]2C1. The van der Waals surface area contributed by atoms with E-state index in [1.165, 1.54) is 12.8 Å². The van der Waals surface area contributed by atoms with Crippen LogP contribution in [0.5, 0.6) is 0 Å². The minimum Gasteiger partial charge on any atom is -0.396 e. The highest BCUT2D eigenvalue weighted by Gasteiger charge is 2.69. The lowest BCUT2D eigenvalue weighted by molar-refractivity contribution is -0.205. The van der Waals surface area contributed by atoms with Crippen LogP contribution in [0.2, 0.25) is 0 Å². The van der Waals surface area contributed by atoms with Gasteiger partial charge in [-0.15, -0.1) is 0 Å². The first kappa shape index (κ1) is 27.3. The Labute approximate surface area is 232 Å². The number of nitrogens with zero attached hydrogens (tertiary/aromatic N) is 1. The van der Waals surface area contributed by atoms with Gasteiger partial charge in [-0.05, 0) is 109 Å². The van der Waals surface area contributed by atoms with Crippen molar-refractivity contribution in [3.8, 4) is 0 Å². The molecule has 2 N–H and O–H groups in total. The molecule has 1 aliphatic heterocycles. The number of hydrogen-bond acceptors (Lipinski definition) is 3. The van der Waals surface area contributed by atoms with Gasteiger partial charge in [0.1, 0.15) is 0 Å². The van der Waals surface area contributed by atoms with Gasteiger partial charge in [-0.1, -0.05) is 60.1 Å². The van der Waals surface area contributed by atoms with Crippen molar-refractivity contribution in [3.05, 3.63) is 11.6 Å². The second-order valence-electron chi connectivity index (χ2n) is 17.0. The molecule has 4 heteroatoms. The van der Waals surface area contributed by atoms with Crippen LogP contribution in [0.25, 0.3) is 0 Å². The van der Waals surface area contributed by atoms with Crippen LogP contribution in [-0.4, -0.2) is 46.8 Å². The molecule has 0 radical (unpaired) electrons. The first-order valence-electron chi connectivity index (χ1n) is 15.9. The molecule has 4 saturated carbocycles. The van der Waals surface area contributed by atoms with Crippen molar-refractivity contribution in [2.75, 3.05) is 19.7 Å². The number of rotatable bonds is 2. The predicted octanol–water partition coefficient (Wildman–Crippen LogP) is 6.60. The summed E-state index contributed by atoms with van der Waals surface area (Å²) in [7, 11) is 0. The average Bonchev–Trinajstić information content (AvgIpc) is 2.81. The maximum atomic E-state index is 14.3. The average molecular weight is 526 g/mol. The van der Waals surface area contributed by atoms with Crippen LogP contribution in [0.3, 0.4) is 0 Å². The Hall–Kier alpha value is -0.870. The number of hydrogen-bond donors (Lipinski definition) is 2. The molecule has 0 unspecified atom stereocenters. The third kappa shape index (κ3) is 3.37. The molecule has 1 amide bonds. The number of likely N-dealkylation sites (tertiary alicyclic amines) is 1. The van der Waals surface area contributed by atoms with Gasteiger partial charge in [-0.3, -0.25) is 4.79 Å². The maximum absolute atomic E-state index is 14.3. The Bertz CT molecular complexity index is 1020. The van der Waals surface area contributed by atoms with E-state index in [4.69, 9.17) is 0 Å². The third-order valence-electron chi connectivity index (χ3n) is 14.5. The lowest BCUT2D eigenvalue weighted by Gasteiger charge is -2.71. The van der Waals surface area contributed by atoms with Crippen LogP contribution < -0.4 is 0 Å². The van der Waals surface area contributed by atoms with Crippen molar-refractivity contribution in [1.29, 1.82) is 0 Å². The molecule has 6 rings (SSSR count). The molecule has 1 heterocycles. The summed E-state index contributed by atoms with van der Waals surface area (Å²) in [5.41, 5.74) is 2.26. The van der Waals surface area contributed by atoms with Crippen molar-refractivity contribution >= 4 is 5.91 Å². The van der Waals surface area contributed by atoms with Crippen LogP contribution in [0.15, 0.2) is 11.6 Å². The third-order valence-corrected chi connectivity index (χ3v) is 14.5. The van der Waals surface area contributed by atoms with Crippen molar-refractivity contribution in [2.45, 2.75) is 119 Å². The highest BCUT2D eigenvalue weighted by molar-refractivity contribution is 5.85. The van der Waals surface area contributed by atoms with E-state index in [-0.39, 0.29) is 51.1 Å². The van der Waals surface area contributed by atoms with E-state index in [0.29, 0.717) is 23.7 Å². The Kier molecular flexibility index (Phi) is 5.99. The van der Waals surface area contributed by atoms with Gasteiger partial charge in [0.25, 0.3) is 0 Å². The molecule has 1 saturated heterocycles. The van der Waals surface area contributed by atoms with Gasteiger partial charge in [0.15, 0.2) is 0 Å². The summed E-state index contributed by atoms with van der Waals surface area (Å²) < 4.78 is 0. The summed E-state index contributed by atoms with van der Waals surface area (Å²) in [4.78, 5) is 16.4. The molecule has 0 aromatic heterocycles. The summed E-state index contributed by atoms with van der Waals surface area (Å²) in [5, 5.41) is 20.6. The monoisotopic (exact) mass is 525 g/mol. The normalized spacial score (nSPS) is 49.5. The van der Waals surface area contributed by atoms with E-state index in [0.717, 1.165) is 64.5 Å². The van der Waals surface area contributed by atoms with Crippen LogP contribution >= 0.6 is 0 Å². The number of allylic oxidation sites excluding steroid dienone is 2. The molecule has 0 spiro atoms. The van der Waals surface area contributed by atoms with Crippen molar-refractivity contribution in [2.24, 2.45) is 56.2 Å². The van der Waals surface area contributed by atoms with Gasteiger partial charge in [-0.25, -0.2) is 0 Å². The van der Waals surface area contributed by atoms with Gasteiger partial charge >= 0.3 is 0 Å². The van der Waals surface area contributed by atoms with Crippen molar-refractivity contribution in [1.82, 2.24) is 4.90 Å². The lowest BCUT2D eigenvalue weighted by Crippen LogP contribution is -2.66. The van der Waals surface area contributed by atoms with Gasteiger partial charge in [0, 0.05) is 25.6 Å². The number of amides is 1. The van der Waals surface area contributed by atoms with E-state index in [1.54, 1.807) is 5.57 Å². The highest BCUT2D eigenvalue weighted by Crippen LogP contribution is 2.75. The van der Waals surface area contributed by atoms with Crippen molar-refractivity contribution in [3.63, 3.8) is 0 Å². The summed E-state index contributed by atoms with van der Waals surface area (Å²) in [6.07, 6.45) is 13.6. The first-order valence-corrected chi connectivity index (χ1v) is 15.9. The number of aliphatic hydroxyl groups excluding tert-OH is 2. The molecular formula is C34H55NO3. The Morgan fingerprint density at radius 3 is 2.29 bits per heavy atom. The molecule has 38 heavy (non-hydrogen) atoms. The van der Waals surface area contributed by atoms with Gasteiger partial charge in [0.2, 0.25) is 5.91 Å². The molecule has 4 nitrogen and oxygen atoms in total. The van der Waals surface area contributed by atoms with Gasteiger partial charge in [0.05, 0.1) is 11.5 Å². The Morgan fingerprint density at radius 1 is 0.921 bits per heavy atom. The molecule has 8 atom stereocenters. The summed E-state index contributed by atoms with van der Waals surface area (Å²) in [6, 6.07) is 0. The predicted molar refractivity (Wildman–Crippen MR) is 152 cm³/mol. The minimum atomic E-state index is -0.247. The quantitative estimate of drug-likeness (QED) is 0.399. The number of carbonyl (C=O) groups excluding carboxylic acids is 1. The van der Waals surface area contributed by atoms with Gasteiger partial charge in [-0.2, -0.15) is 0 Å². The van der Waals surface area contributed by atoms with Crippen LogP contribution in [0, 0.1) is 56.2 Å². The second kappa shape index (κ2) is 8.34. The van der Waals surface area contributed by atoms with E-state index < -0.39 is 0 Å².